The topological polar surface area (TPSA) is 50.7 Å². The molecule has 0 aromatic heterocycles. The minimum absolute atomic E-state index is 0.0843. The van der Waals surface area contributed by atoms with E-state index >= 15 is 0 Å². The number of hydrogen-bond acceptors (Lipinski definition) is 3. The van der Waals surface area contributed by atoms with Crippen molar-refractivity contribution in [3.63, 3.8) is 0 Å². The number of ether oxygens (including phenoxy) is 1. The molecule has 4 nitrogen and oxygen atoms in total. The second kappa shape index (κ2) is 6.21. The Morgan fingerprint density at radius 3 is 2.37 bits per heavy atom. The zero-order valence-corrected chi connectivity index (χ0v) is 10.4. The van der Waals surface area contributed by atoms with Crippen molar-refractivity contribution in [2.45, 2.75) is 20.0 Å². The molecular weight excluding hydrogens is 261 g/mol. The van der Waals surface area contributed by atoms with Gasteiger partial charge in [-0.25, -0.2) is 5.43 Å². The van der Waals surface area contributed by atoms with Crippen LogP contribution < -0.4 is 5.43 Å². The van der Waals surface area contributed by atoms with Gasteiger partial charge in [0.2, 0.25) is 5.90 Å². The Morgan fingerprint density at radius 1 is 1.32 bits per heavy atom. The molecule has 0 saturated carbocycles. The third-order valence-electron chi connectivity index (χ3n) is 2.14. The van der Waals surface area contributed by atoms with Crippen LogP contribution in [0.15, 0.2) is 29.4 Å². The first-order valence-electron chi connectivity index (χ1n) is 5.49. The molecule has 0 saturated heterocycles. The highest BCUT2D eigenvalue weighted by Gasteiger charge is 2.30. The zero-order valence-electron chi connectivity index (χ0n) is 10.4. The lowest BCUT2D eigenvalue weighted by Crippen LogP contribution is -2.20. The van der Waals surface area contributed by atoms with Gasteiger partial charge in [0.1, 0.15) is 0 Å². The Labute approximate surface area is 108 Å². The predicted octanol–water partition coefficient (Wildman–Crippen LogP) is 2.81. The molecule has 0 heterocycles. The molecule has 7 heteroatoms. The van der Waals surface area contributed by atoms with Crippen LogP contribution in [0.4, 0.5) is 13.2 Å². The molecule has 104 valence electrons. The first kappa shape index (κ1) is 15.0. The maximum atomic E-state index is 12.3. The molecule has 0 aliphatic rings. The molecule has 0 unspecified atom stereocenters. The Morgan fingerprint density at radius 2 is 1.89 bits per heavy atom. The number of alkyl halides is 3. The lowest BCUT2D eigenvalue weighted by Gasteiger charge is -2.07. The maximum absolute atomic E-state index is 12.3. The van der Waals surface area contributed by atoms with Crippen molar-refractivity contribution in [1.29, 1.82) is 0 Å². The summed E-state index contributed by atoms with van der Waals surface area (Å²) in [5.74, 6) is -0.337. The van der Waals surface area contributed by atoms with Crippen molar-refractivity contribution >= 4 is 11.8 Å². The minimum atomic E-state index is -4.42. The molecular formula is C12H13F3N2O2. The van der Waals surface area contributed by atoms with Gasteiger partial charge >= 0.3 is 6.18 Å². The van der Waals surface area contributed by atoms with Gasteiger partial charge in [0.15, 0.2) is 0 Å². The highest BCUT2D eigenvalue weighted by atomic mass is 19.4. The van der Waals surface area contributed by atoms with E-state index in [-0.39, 0.29) is 11.5 Å². The van der Waals surface area contributed by atoms with Crippen LogP contribution in [0.1, 0.15) is 29.8 Å². The van der Waals surface area contributed by atoms with Crippen LogP contribution in [-0.2, 0) is 10.9 Å². The number of benzene rings is 1. The molecule has 1 N–H and O–H groups in total. The second-order valence-corrected chi connectivity index (χ2v) is 3.58. The average molecular weight is 274 g/mol. The number of halogens is 3. The van der Waals surface area contributed by atoms with E-state index in [0.29, 0.717) is 6.61 Å². The molecule has 0 bridgehead atoms. The van der Waals surface area contributed by atoms with E-state index in [1.54, 1.807) is 13.8 Å². The molecule has 0 spiro atoms. The highest BCUT2D eigenvalue weighted by Crippen LogP contribution is 2.28. The number of carbonyl (C=O) groups is 1. The van der Waals surface area contributed by atoms with Gasteiger partial charge in [-0.15, -0.1) is 5.10 Å². The summed E-state index contributed by atoms with van der Waals surface area (Å²) >= 11 is 0. The van der Waals surface area contributed by atoms with Gasteiger partial charge in [0.05, 0.1) is 12.2 Å². The summed E-state index contributed by atoms with van der Waals surface area (Å²) in [5, 5.41) is 3.63. The fourth-order valence-corrected chi connectivity index (χ4v) is 1.25. The van der Waals surface area contributed by atoms with Crippen molar-refractivity contribution in [2.24, 2.45) is 5.10 Å². The van der Waals surface area contributed by atoms with E-state index in [4.69, 9.17) is 4.74 Å². The largest absolute Gasteiger partial charge is 0.480 e. The maximum Gasteiger partial charge on any atom is 0.416 e. The first-order chi connectivity index (χ1) is 8.84. The van der Waals surface area contributed by atoms with Crippen LogP contribution in [0.2, 0.25) is 0 Å². The lowest BCUT2D eigenvalue weighted by atomic mass is 10.1. The highest BCUT2D eigenvalue weighted by molar-refractivity contribution is 5.94. The van der Waals surface area contributed by atoms with Gasteiger partial charge in [0, 0.05) is 12.5 Å². The van der Waals surface area contributed by atoms with Crippen LogP contribution in [0.3, 0.4) is 0 Å². The van der Waals surface area contributed by atoms with Crippen molar-refractivity contribution in [1.82, 2.24) is 5.43 Å². The quantitative estimate of drug-likeness (QED) is 0.523. The van der Waals surface area contributed by atoms with Gasteiger partial charge < -0.3 is 4.74 Å². The number of nitrogens with one attached hydrogen (secondary N) is 1. The fourth-order valence-electron chi connectivity index (χ4n) is 1.25. The van der Waals surface area contributed by atoms with E-state index in [9.17, 15) is 18.0 Å². The van der Waals surface area contributed by atoms with E-state index in [0.717, 1.165) is 24.3 Å². The van der Waals surface area contributed by atoms with Crippen LogP contribution in [0, 0.1) is 0 Å². The SMILES string of the molecule is CCO/C(C)=N\NC(=O)c1ccc(C(F)(F)F)cc1. The molecule has 1 aromatic rings. The standard InChI is InChI=1S/C12H13F3N2O2/c1-3-19-8(2)16-17-11(18)9-4-6-10(7-5-9)12(13,14)15/h4-7H,3H2,1-2H3,(H,17,18)/b16-8-. The summed E-state index contributed by atoms with van der Waals surface area (Å²) in [5.41, 5.74) is 1.46. The zero-order chi connectivity index (χ0) is 14.5. The van der Waals surface area contributed by atoms with Crippen LogP contribution in [0.25, 0.3) is 0 Å². The summed E-state index contributed by atoms with van der Waals surface area (Å²) < 4.78 is 41.9. The van der Waals surface area contributed by atoms with Crippen LogP contribution in [0.5, 0.6) is 0 Å². The van der Waals surface area contributed by atoms with E-state index in [1.807, 2.05) is 0 Å². The second-order valence-electron chi connectivity index (χ2n) is 3.58. The Hall–Kier alpha value is -2.05. The molecule has 0 aliphatic heterocycles. The minimum Gasteiger partial charge on any atom is -0.480 e. The van der Waals surface area contributed by atoms with Crippen molar-refractivity contribution in [2.75, 3.05) is 6.61 Å². The van der Waals surface area contributed by atoms with Crippen molar-refractivity contribution in [3.05, 3.63) is 35.4 Å². The molecule has 0 radical (unpaired) electrons. The van der Waals surface area contributed by atoms with Gasteiger partial charge in [-0.1, -0.05) is 0 Å². The predicted molar refractivity (Wildman–Crippen MR) is 63.6 cm³/mol. The molecule has 1 aromatic carbocycles. The van der Waals surface area contributed by atoms with Gasteiger partial charge in [-0.3, -0.25) is 4.79 Å². The first-order valence-corrected chi connectivity index (χ1v) is 5.49. The molecule has 0 aliphatic carbocycles. The number of hydrogen-bond donors (Lipinski definition) is 1. The molecule has 19 heavy (non-hydrogen) atoms. The Kier molecular flexibility index (Phi) is 4.91. The fraction of sp³-hybridized carbons (Fsp3) is 0.333. The summed E-state index contributed by atoms with van der Waals surface area (Å²) in [6.07, 6.45) is -4.42. The number of hydrazone groups is 1. The Balaban J connectivity index is 2.71. The number of rotatable bonds is 3. The van der Waals surface area contributed by atoms with E-state index in [2.05, 4.69) is 10.5 Å². The lowest BCUT2D eigenvalue weighted by molar-refractivity contribution is -0.137. The van der Waals surface area contributed by atoms with Crippen LogP contribution in [-0.4, -0.2) is 18.4 Å². The Bertz CT molecular complexity index is 467. The third kappa shape index (κ3) is 4.61. The monoisotopic (exact) mass is 274 g/mol. The van der Waals surface area contributed by atoms with Crippen molar-refractivity contribution in [3.8, 4) is 0 Å². The van der Waals surface area contributed by atoms with Gasteiger partial charge in [-0.05, 0) is 31.2 Å². The average Bonchev–Trinajstić information content (AvgIpc) is 2.35. The van der Waals surface area contributed by atoms with E-state index < -0.39 is 17.6 Å². The van der Waals surface area contributed by atoms with Gasteiger partial charge in [0.25, 0.3) is 5.91 Å². The normalized spacial score (nSPS) is 12.2. The molecule has 1 amide bonds. The van der Waals surface area contributed by atoms with Crippen LogP contribution >= 0.6 is 0 Å². The van der Waals surface area contributed by atoms with Crippen molar-refractivity contribution < 1.29 is 22.7 Å². The molecule has 1 rings (SSSR count). The number of carbonyl (C=O) groups excluding carboxylic acids is 1. The smallest absolute Gasteiger partial charge is 0.416 e. The summed E-state index contributed by atoms with van der Waals surface area (Å²) in [7, 11) is 0. The van der Waals surface area contributed by atoms with Gasteiger partial charge in [-0.2, -0.15) is 13.2 Å². The summed E-state index contributed by atoms with van der Waals surface area (Å²) in [4.78, 5) is 11.6. The number of amides is 1. The summed E-state index contributed by atoms with van der Waals surface area (Å²) in [6, 6.07) is 3.86. The third-order valence-corrected chi connectivity index (χ3v) is 2.14. The molecule has 0 fully saturated rings. The van der Waals surface area contributed by atoms with E-state index in [1.165, 1.54) is 0 Å². The number of nitrogens with zero attached hydrogens (tertiary/aromatic N) is 1. The molecule has 0 atom stereocenters. The summed E-state index contributed by atoms with van der Waals surface area (Å²) in [6.45, 7) is 3.72.